The first kappa shape index (κ1) is 17.0. The summed E-state index contributed by atoms with van der Waals surface area (Å²) in [6, 6.07) is 8.57. The number of aryl methyl sites for hydroxylation is 1. The third-order valence-electron chi connectivity index (χ3n) is 3.38. The maximum absolute atomic E-state index is 5.47. The summed E-state index contributed by atoms with van der Waals surface area (Å²) >= 11 is 0. The Hall–Kier alpha value is -2.38. The first-order chi connectivity index (χ1) is 10.7. The third kappa shape index (κ3) is 3.69. The van der Waals surface area contributed by atoms with Crippen molar-refractivity contribution in [2.45, 2.75) is 20.0 Å². The van der Waals surface area contributed by atoms with Crippen molar-refractivity contribution >= 4 is 18.4 Å². The summed E-state index contributed by atoms with van der Waals surface area (Å²) in [7, 11) is 1.89. The van der Waals surface area contributed by atoms with E-state index in [9.17, 15) is 0 Å². The van der Waals surface area contributed by atoms with E-state index in [0.717, 1.165) is 11.3 Å². The van der Waals surface area contributed by atoms with E-state index in [2.05, 4.69) is 28.3 Å². The van der Waals surface area contributed by atoms with E-state index in [1.165, 1.54) is 5.56 Å². The monoisotopic (exact) mass is 334 g/mol. The van der Waals surface area contributed by atoms with Crippen molar-refractivity contribution in [3.05, 3.63) is 53.7 Å². The topological polar surface area (TPSA) is 86.0 Å². The molecule has 0 saturated carbocycles. The Labute approximate surface area is 140 Å². The summed E-state index contributed by atoms with van der Waals surface area (Å²) in [4.78, 5) is 1.87. The van der Waals surface area contributed by atoms with Crippen LogP contribution in [0.4, 0.5) is 6.01 Å². The van der Waals surface area contributed by atoms with Crippen molar-refractivity contribution in [1.29, 1.82) is 0 Å². The zero-order valence-corrected chi connectivity index (χ0v) is 13.8. The van der Waals surface area contributed by atoms with Crippen LogP contribution in [-0.2, 0) is 13.1 Å². The second-order valence-corrected chi connectivity index (χ2v) is 5.12. The van der Waals surface area contributed by atoms with Crippen molar-refractivity contribution < 1.29 is 4.42 Å². The number of anilines is 1. The zero-order chi connectivity index (χ0) is 15.5. The first-order valence-corrected chi connectivity index (χ1v) is 7.00. The number of hydrogen-bond acceptors (Lipinski definition) is 6. The fraction of sp³-hybridized carbons (Fsp3) is 0.267. The van der Waals surface area contributed by atoms with E-state index in [0.29, 0.717) is 18.5 Å². The Morgan fingerprint density at radius 3 is 2.74 bits per heavy atom. The molecule has 0 aliphatic carbocycles. The van der Waals surface area contributed by atoms with Crippen LogP contribution in [0.1, 0.15) is 17.0 Å². The van der Waals surface area contributed by atoms with E-state index in [1.54, 1.807) is 0 Å². The highest BCUT2D eigenvalue weighted by Crippen LogP contribution is 2.16. The van der Waals surface area contributed by atoms with Gasteiger partial charge in [0.1, 0.15) is 0 Å². The van der Waals surface area contributed by atoms with Gasteiger partial charge in [0, 0.05) is 18.8 Å². The Morgan fingerprint density at radius 2 is 2.04 bits per heavy atom. The lowest BCUT2D eigenvalue weighted by atomic mass is 10.2. The number of hydrogen-bond donors (Lipinski definition) is 1. The lowest BCUT2D eigenvalue weighted by molar-refractivity contribution is 0.491. The van der Waals surface area contributed by atoms with Crippen molar-refractivity contribution in [2.75, 3.05) is 11.9 Å². The second-order valence-electron chi connectivity index (χ2n) is 5.12. The van der Waals surface area contributed by atoms with E-state index < -0.39 is 0 Å². The molecule has 2 aromatic heterocycles. The quantitative estimate of drug-likeness (QED) is 0.768. The summed E-state index contributed by atoms with van der Waals surface area (Å²) in [5.41, 5.74) is 8.77. The molecule has 0 saturated heterocycles. The number of para-hydroxylation sites is 1. The number of rotatable bonds is 5. The SMILES string of the molecule is Cc1ccccc1-n1cc(CN(C)c2nnc(CN)o2)cn1.Cl. The van der Waals surface area contributed by atoms with Crippen LogP contribution in [0.25, 0.3) is 5.69 Å². The van der Waals surface area contributed by atoms with E-state index in [4.69, 9.17) is 10.2 Å². The molecule has 1 aromatic carbocycles. The van der Waals surface area contributed by atoms with Crippen LogP contribution in [0.15, 0.2) is 41.1 Å². The van der Waals surface area contributed by atoms with Gasteiger partial charge in [-0.2, -0.15) is 5.10 Å². The number of benzene rings is 1. The molecule has 8 heteroatoms. The minimum atomic E-state index is 0. The predicted octanol–water partition coefficient (Wildman–Crippen LogP) is 2.08. The van der Waals surface area contributed by atoms with Crippen molar-refractivity contribution in [3.63, 3.8) is 0 Å². The molecule has 2 N–H and O–H groups in total. The van der Waals surface area contributed by atoms with Crippen LogP contribution in [0, 0.1) is 6.92 Å². The molecule has 3 aromatic rings. The van der Waals surface area contributed by atoms with Gasteiger partial charge in [0.05, 0.1) is 25.0 Å². The number of nitrogens with two attached hydrogens (primary N) is 1. The standard InChI is InChI=1S/C15H18N6O.ClH/c1-11-5-3-4-6-13(11)21-10-12(8-17-21)9-20(2)15-19-18-14(7-16)22-15;/h3-6,8,10H,7,9,16H2,1-2H3;1H. The molecule has 0 bridgehead atoms. The summed E-state index contributed by atoms with van der Waals surface area (Å²) in [6.07, 6.45) is 3.84. The molecule has 0 amide bonds. The Bertz CT molecular complexity index is 769. The lowest BCUT2D eigenvalue weighted by Crippen LogP contribution is -2.16. The van der Waals surface area contributed by atoms with E-state index >= 15 is 0 Å². The lowest BCUT2D eigenvalue weighted by Gasteiger charge is -2.11. The van der Waals surface area contributed by atoms with Gasteiger partial charge >= 0.3 is 6.01 Å². The van der Waals surface area contributed by atoms with Crippen LogP contribution in [-0.4, -0.2) is 27.0 Å². The molecule has 0 atom stereocenters. The van der Waals surface area contributed by atoms with Gasteiger partial charge in [-0.3, -0.25) is 0 Å². The van der Waals surface area contributed by atoms with Gasteiger partial charge in [0.2, 0.25) is 5.89 Å². The van der Waals surface area contributed by atoms with Crippen LogP contribution < -0.4 is 10.6 Å². The Balaban J connectivity index is 0.00000192. The predicted molar refractivity (Wildman–Crippen MR) is 89.8 cm³/mol. The van der Waals surface area contributed by atoms with Crippen molar-refractivity contribution in [1.82, 2.24) is 20.0 Å². The molecular formula is C15H19ClN6O. The number of aromatic nitrogens is 4. The van der Waals surface area contributed by atoms with Crippen molar-refractivity contribution in [3.8, 4) is 5.69 Å². The third-order valence-corrected chi connectivity index (χ3v) is 3.38. The van der Waals surface area contributed by atoms with Crippen LogP contribution >= 0.6 is 12.4 Å². The normalized spacial score (nSPS) is 10.4. The Kier molecular flexibility index (Phi) is 5.36. The van der Waals surface area contributed by atoms with E-state index in [-0.39, 0.29) is 19.0 Å². The molecule has 3 rings (SSSR count). The van der Waals surface area contributed by atoms with Gasteiger partial charge < -0.3 is 15.1 Å². The first-order valence-electron chi connectivity index (χ1n) is 7.00. The van der Waals surface area contributed by atoms with Gasteiger partial charge in [-0.25, -0.2) is 4.68 Å². The van der Waals surface area contributed by atoms with Crippen LogP contribution in [0.3, 0.4) is 0 Å². The molecule has 0 unspecified atom stereocenters. The fourth-order valence-corrected chi connectivity index (χ4v) is 2.22. The highest BCUT2D eigenvalue weighted by molar-refractivity contribution is 5.85. The summed E-state index contributed by atoms with van der Waals surface area (Å²) in [5, 5.41) is 12.2. The zero-order valence-electron chi connectivity index (χ0n) is 13.0. The molecule has 7 nitrogen and oxygen atoms in total. The van der Waals surface area contributed by atoms with Gasteiger partial charge in [0.15, 0.2) is 0 Å². The van der Waals surface area contributed by atoms with Gasteiger partial charge in [0.25, 0.3) is 0 Å². The van der Waals surface area contributed by atoms with Crippen molar-refractivity contribution in [2.24, 2.45) is 5.73 Å². The maximum atomic E-state index is 5.47. The molecule has 2 heterocycles. The average molecular weight is 335 g/mol. The molecule has 0 aliphatic heterocycles. The van der Waals surface area contributed by atoms with Crippen LogP contribution in [0.2, 0.25) is 0 Å². The summed E-state index contributed by atoms with van der Waals surface area (Å²) in [6.45, 7) is 2.93. The number of nitrogens with zero attached hydrogens (tertiary/aromatic N) is 5. The summed E-state index contributed by atoms with van der Waals surface area (Å²) in [5.74, 6) is 0.428. The highest BCUT2D eigenvalue weighted by Gasteiger charge is 2.12. The highest BCUT2D eigenvalue weighted by atomic mass is 35.5. The summed E-state index contributed by atoms with van der Waals surface area (Å²) < 4.78 is 7.30. The molecule has 0 radical (unpaired) electrons. The molecule has 0 fully saturated rings. The maximum Gasteiger partial charge on any atom is 0.318 e. The van der Waals surface area contributed by atoms with Gasteiger partial charge in [-0.1, -0.05) is 23.3 Å². The fourth-order valence-electron chi connectivity index (χ4n) is 2.22. The molecule has 0 spiro atoms. The van der Waals surface area contributed by atoms with Gasteiger partial charge in [-0.05, 0) is 18.6 Å². The second kappa shape index (κ2) is 7.26. The van der Waals surface area contributed by atoms with E-state index in [1.807, 2.05) is 47.2 Å². The van der Waals surface area contributed by atoms with Crippen LogP contribution in [0.5, 0.6) is 0 Å². The minimum Gasteiger partial charge on any atom is -0.407 e. The molecule has 23 heavy (non-hydrogen) atoms. The minimum absolute atomic E-state index is 0. The Morgan fingerprint density at radius 1 is 1.26 bits per heavy atom. The smallest absolute Gasteiger partial charge is 0.318 e. The molecular weight excluding hydrogens is 316 g/mol. The van der Waals surface area contributed by atoms with Gasteiger partial charge in [-0.15, -0.1) is 17.5 Å². The number of halogens is 1. The average Bonchev–Trinajstić information content (AvgIpc) is 3.16. The largest absolute Gasteiger partial charge is 0.407 e. The molecule has 122 valence electrons. The molecule has 0 aliphatic rings.